The molecule has 1 spiro atoms. The number of rotatable bonds is 3. The number of halogens is 2. The molecule has 19 heavy (non-hydrogen) atoms. The average molecular weight is 271 g/mol. The van der Waals surface area contributed by atoms with E-state index in [-0.39, 0.29) is 12.3 Å². The van der Waals surface area contributed by atoms with Crippen LogP contribution in [0.3, 0.4) is 0 Å². The van der Waals surface area contributed by atoms with Crippen LogP contribution >= 0.6 is 0 Å². The Labute approximate surface area is 111 Å². The predicted molar refractivity (Wildman–Crippen MR) is 64.9 cm³/mol. The van der Waals surface area contributed by atoms with Crippen LogP contribution in [0.15, 0.2) is 4.52 Å². The quantitative estimate of drug-likeness (QED) is 0.847. The molecule has 6 heteroatoms. The highest BCUT2D eigenvalue weighted by molar-refractivity contribution is 5.11. The Morgan fingerprint density at radius 2 is 1.95 bits per heavy atom. The van der Waals surface area contributed by atoms with Gasteiger partial charge in [-0.2, -0.15) is 4.98 Å². The standard InChI is InChI=1S/C13H19F2N3O/c1-9(2)11-16-10(19-17-11)7-18-5-3-12(4-6-18)8-13(12,14)15/h9H,3-8H2,1-2H3. The smallest absolute Gasteiger partial charge is 0.254 e. The number of piperidine rings is 1. The number of nitrogens with zero attached hydrogens (tertiary/aromatic N) is 3. The van der Waals surface area contributed by atoms with Crippen molar-refractivity contribution < 1.29 is 13.3 Å². The Bertz CT molecular complexity index is 464. The van der Waals surface area contributed by atoms with Gasteiger partial charge in [0.2, 0.25) is 5.89 Å². The fourth-order valence-corrected chi connectivity index (χ4v) is 2.82. The topological polar surface area (TPSA) is 42.2 Å². The van der Waals surface area contributed by atoms with Gasteiger partial charge in [0, 0.05) is 17.8 Å². The van der Waals surface area contributed by atoms with E-state index in [4.69, 9.17) is 4.52 Å². The Morgan fingerprint density at radius 3 is 2.42 bits per heavy atom. The van der Waals surface area contributed by atoms with Crippen molar-refractivity contribution in [1.82, 2.24) is 15.0 Å². The number of likely N-dealkylation sites (tertiary alicyclic amines) is 1. The van der Waals surface area contributed by atoms with Gasteiger partial charge in [-0.1, -0.05) is 19.0 Å². The van der Waals surface area contributed by atoms with Crippen molar-refractivity contribution in [1.29, 1.82) is 0 Å². The van der Waals surface area contributed by atoms with Crippen LogP contribution in [0, 0.1) is 5.41 Å². The summed E-state index contributed by atoms with van der Waals surface area (Å²) in [5.74, 6) is -0.888. The SMILES string of the molecule is CC(C)c1noc(CN2CCC3(CC2)CC3(F)F)n1. The van der Waals surface area contributed by atoms with Crippen molar-refractivity contribution in [2.45, 2.75) is 51.5 Å². The maximum atomic E-state index is 13.3. The molecule has 0 N–H and O–H groups in total. The number of aromatic nitrogens is 2. The second-order valence-corrected chi connectivity index (χ2v) is 6.14. The Kier molecular flexibility index (Phi) is 2.89. The molecule has 0 unspecified atom stereocenters. The van der Waals surface area contributed by atoms with E-state index in [2.05, 4.69) is 15.0 Å². The summed E-state index contributed by atoms with van der Waals surface area (Å²) in [5, 5.41) is 3.91. The Hall–Kier alpha value is -1.04. The predicted octanol–water partition coefficient (Wildman–Crippen LogP) is 2.81. The molecule has 1 aliphatic carbocycles. The molecule has 1 saturated carbocycles. The lowest BCUT2D eigenvalue weighted by Gasteiger charge is -2.31. The first kappa shape index (κ1) is 13.0. The second-order valence-electron chi connectivity index (χ2n) is 6.14. The third-order valence-electron chi connectivity index (χ3n) is 4.38. The van der Waals surface area contributed by atoms with Crippen LogP contribution in [-0.2, 0) is 6.54 Å². The third-order valence-corrected chi connectivity index (χ3v) is 4.38. The molecule has 1 aromatic heterocycles. The van der Waals surface area contributed by atoms with Gasteiger partial charge in [0.25, 0.3) is 5.92 Å². The summed E-state index contributed by atoms with van der Waals surface area (Å²) in [6.45, 7) is 5.97. The first-order valence-electron chi connectivity index (χ1n) is 6.85. The minimum absolute atomic E-state index is 0.0753. The lowest BCUT2D eigenvalue weighted by Crippen LogP contribution is -2.36. The van der Waals surface area contributed by atoms with Crippen molar-refractivity contribution in [2.24, 2.45) is 5.41 Å². The maximum Gasteiger partial charge on any atom is 0.254 e. The zero-order valence-electron chi connectivity index (χ0n) is 11.3. The molecular formula is C13H19F2N3O. The fourth-order valence-electron chi connectivity index (χ4n) is 2.82. The molecule has 4 nitrogen and oxygen atoms in total. The van der Waals surface area contributed by atoms with Crippen LogP contribution in [-0.4, -0.2) is 34.1 Å². The summed E-state index contributed by atoms with van der Waals surface area (Å²) in [5.41, 5.74) is -0.693. The van der Waals surface area contributed by atoms with E-state index in [0.29, 0.717) is 44.2 Å². The zero-order valence-corrected chi connectivity index (χ0v) is 11.3. The maximum absolute atomic E-state index is 13.3. The van der Waals surface area contributed by atoms with Gasteiger partial charge in [0.1, 0.15) is 0 Å². The monoisotopic (exact) mass is 271 g/mol. The number of hydrogen-bond acceptors (Lipinski definition) is 4. The van der Waals surface area contributed by atoms with Gasteiger partial charge in [0.05, 0.1) is 6.54 Å². The summed E-state index contributed by atoms with van der Waals surface area (Å²) >= 11 is 0. The number of hydrogen-bond donors (Lipinski definition) is 0. The molecule has 2 fully saturated rings. The third kappa shape index (κ3) is 2.26. The normalized spacial score (nSPS) is 25.1. The van der Waals surface area contributed by atoms with Crippen molar-refractivity contribution in [3.63, 3.8) is 0 Å². The van der Waals surface area contributed by atoms with Gasteiger partial charge in [0.15, 0.2) is 5.82 Å². The average Bonchev–Trinajstić information content (AvgIpc) is 2.74. The Morgan fingerprint density at radius 1 is 1.32 bits per heavy atom. The van der Waals surface area contributed by atoms with Gasteiger partial charge < -0.3 is 4.52 Å². The van der Waals surface area contributed by atoms with Crippen LogP contribution in [0.4, 0.5) is 8.78 Å². The summed E-state index contributed by atoms with van der Waals surface area (Å²) < 4.78 is 31.7. The van der Waals surface area contributed by atoms with E-state index in [1.54, 1.807) is 0 Å². The first-order chi connectivity index (χ1) is 8.92. The molecule has 0 radical (unpaired) electrons. The van der Waals surface area contributed by atoms with E-state index in [1.165, 1.54) is 0 Å². The van der Waals surface area contributed by atoms with E-state index in [9.17, 15) is 8.78 Å². The molecule has 2 heterocycles. The van der Waals surface area contributed by atoms with Gasteiger partial charge in [-0.25, -0.2) is 8.78 Å². The summed E-state index contributed by atoms with van der Waals surface area (Å²) in [7, 11) is 0. The minimum atomic E-state index is -2.42. The number of alkyl halides is 2. The van der Waals surface area contributed by atoms with Crippen LogP contribution in [0.25, 0.3) is 0 Å². The highest BCUT2D eigenvalue weighted by Gasteiger charge is 2.70. The highest BCUT2D eigenvalue weighted by Crippen LogP contribution is 2.65. The van der Waals surface area contributed by atoms with E-state index >= 15 is 0 Å². The van der Waals surface area contributed by atoms with Crippen LogP contribution < -0.4 is 0 Å². The minimum Gasteiger partial charge on any atom is -0.338 e. The van der Waals surface area contributed by atoms with Crippen molar-refractivity contribution in [3.8, 4) is 0 Å². The molecule has 0 atom stereocenters. The van der Waals surface area contributed by atoms with Gasteiger partial charge >= 0.3 is 0 Å². The van der Waals surface area contributed by atoms with E-state index in [1.807, 2.05) is 13.8 Å². The fraction of sp³-hybridized carbons (Fsp3) is 0.846. The first-order valence-corrected chi connectivity index (χ1v) is 6.85. The van der Waals surface area contributed by atoms with E-state index in [0.717, 1.165) is 0 Å². The molecule has 3 rings (SSSR count). The lowest BCUT2D eigenvalue weighted by atomic mass is 9.93. The van der Waals surface area contributed by atoms with Crippen LogP contribution in [0.1, 0.15) is 50.7 Å². The molecule has 106 valence electrons. The summed E-state index contributed by atoms with van der Waals surface area (Å²) in [6.07, 6.45) is 1.22. The molecule has 1 aliphatic heterocycles. The largest absolute Gasteiger partial charge is 0.338 e. The Balaban J connectivity index is 1.55. The van der Waals surface area contributed by atoms with Crippen molar-refractivity contribution in [2.75, 3.05) is 13.1 Å². The molecule has 0 aromatic carbocycles. The summed E-state index contributed by atoms with van der Waals surface area (Å²) in [4.78, 5) is 6.44. The van der Waals surface area contributed by atoms with Crippen molar-refractivity contribution in [3.05, 3.63) is 11.7 Å². The van der Waals surface area contributed by atoms with E-state index < -0.39 is 11.3 Å². The van der Waals surface area contributed by atoms with Crippen LogP contribution in [0.5, 0.6) is 0 Å². The van der Waals surface area contributed by atoms with Crippen LogP contribution in [0.2, 0.25) is 0 Å². The molecule has 2 aliphatic rings. The summed E-state index contributed by atoms with van der Waals surface area (Å²) in [6, 6.07) is 0. The highest BCUT2D eigenvalue weighted by atomic mass is 19.3. The molecular weight excluding hydrogens is 252 g/mol. The van der Waals surface area contributed by atoms with Gasteiger partial charge in [-0.3, -0.25) is 4.90 Å². The molecule has 1 saturated heterocycles. The van der Waals surface area contributed by atoms with Gasteiger partial charge in [-0.05, 0) is 25.9 Å². The molecule has 0 amide bonds. The van der Waals surface area contributed by atoms with Gasteiger partial charge in [-0.15, -0.1) is 0 Å². The lowest BCUT2D eigenvalue weighted by molar-refractivity contribution is 0.0282. The molecule has 0 bridgehead atoms. The van der Waals surface area contributed by atoms with Crippen molar-refractivity contribution >= 4 is 0 Å². The zero-order chi connectivity index (χ0) is 13.7. The second kappa shape index (κ2) is 4.23. The molecule has 1 aromatic rings.